The molecule has 2 nitrogen and oxygen atoms in total. The Morgan fingerprint density at radius 2 is 2.29 bits per heavy atom. The van der Waals surface area contributed by atoms with Gasteiger partial charge in [0, 0.05) is 18.1 Å². The molecule has 88 valence electrons. The lowest BCUT2D eigenvalue weighted by molar-refractivity contribution is 0.394. The van der Waals surface area contributed by atoms with E-state index in [0.717, 1.165) is 11.4 Å². The first-order valence-electron chi connectivity index (χ1n) is 6.33. The van der Waals surface area contributed by atoms with Crippen molar-refractivity contribution in [2.45, 2.75) is 12.8 Å². The lowest BCUT2D eigenvalue weighted by Gasteiger charge is -2.10. The number of hydrogen-bond acceptors (Lipinski definition) is 2. The fourth-order valence-electron chi connectivity index (χ4n) is 2.78. The van der Waals surface area contributed by atoms with Gasteiger partial charge in [-0.2, -0.15) is 0 Å². The first-order chi connectivity index (χ1) is 8.31. The maximum Gasteiger partial charge on any atom is 0.0702 e. The molecule has 1 aliphatic heterocycles. The molecule has 1 unspecified atom stereocenters. The predicted octanol–water partition coefficient (Wildman–Crippen LogP) is 2.73. The topological polar surface area (TPSA) is 16.1 Å². The third kappa shape index (κ3) is 2.32. The maximum absolute atomic E-state index is 4.36. The van der Waals surface area contributed by atoms with Gasteiger partial charge in [0.2, 0.25) is 0 Å². The number of benzene rings is 1. The molecule has 1 atom stereocenters. The van der Waals surface area contributed by atoms with Gasteiger partial charge in [-0.25, -0.2) is 0 Å². The number of fused-ring (bicyclic) bond motifs is 1. The van der Waals surface area contributed by atoms with Crippen LogP contribution in [0.2, 0.25) is 0 Å². The van der Waals surface area contributed by atoms with Crippen LogP contribution in [0.15, 0.2) is 36.5 Å². The minimum atomic E-state index is 0.828. The Hall–Kier alpha value is -1.41. The Labute approximate surface area is 102 Å². The second-order valence-corrected chi connectivity index (χ2v) is 5.15. The highest BCUT2D eigenvalue weighted by Gasteiger charge is 2.19. The average Bonchev–Trinajstić information content (AvgIpc) is 2.75. The smallest absolute Gasteiger partial charge is 0.0702 e. The lowest BCUT2D eigenvalue weighted by atomic mass is 9.97. The van der Waals surface area contributed by atoms with Gasteiger partial charge in [-0.3, -0.25) is 4.98 Å². The molecule has 0 bridgehead atoms. The van der Waals surface area contributed by atoms with E-state index in [1.54, 1.807) is 0 Å². The highest BCUT2D eigenvalue weighted by atomic mass is 15.1. The molecule has 1 aromatic carbocycles. The van der Waals surface area contributed by atoms with Gasteiger partial charge in [-0.05, 0) is 56.1 Å². The van der Waals surface area contributed by atoms with Gasteiger partial charge in [0.25, 0.3) is 0 Å². The number of likely N-dealkylation sites (tertiary alicyclic amines) is 1. The summed E-state index contributed by atoms with van der Waals surface area (Å²) in [5.41, 5.74) is 2.55. The van der Waals surface area contributed by atoms with Crippen molar-refractivity contribution in [1.82, 2.24) is 9.88 Å². The van der Waals surface area contributed by atoms with E-state index in [2.05, 4.69) is 41.2 Å². The highest BCUT2D eigenvalue weighted by Crippen LogP contribution is 2.21. The summed E-state index contributed by atoms with van der Waals surface area (Å²) in [4.78, 5) is 6.78. The minimum Gasteiger partial charge on any atom is -0.306 e. The van der Waals surface area contributed by atoms with Crippen molar-refractivity contribution in [2.75, 3.05) is 20.1 Å². The summed E-state index contributed by atoms with van der Waals surface area (Å²) in [6.45, 7) is 2.49. The van der Waals surface area contributed by atoms with Crippen LogP contribution in [0, 0.1) is 5.92 Å². The zero-order valence-electron chi connectivity index (χ0n) is 10.3. The van der Waals surface area contributed by atoms with Crippen LogP contribution in [0.5, 0.6) is 0 Å². The summed E-state index contributed by atoms with van der Waals surface area (Å²) < 4.78 is 0. The van der Waals surface area contributed by atoms with Crippen LogP contribution in [0.1, 0.15) is 12.0 Å². The monoisotopic (exact) mass is 226 g/mol. The molecule has 2 heteroatoms. The molecular formula is C15H18N2. The first-order valence-corrected chi connectivity index (χ1v) is 6.33. The van der Waals surface area contributed by atoms with Gasteiger partial charge >= 0.3 is 0 Å². The largest absolute Gasteiger partial charge is 0.306 e. The average molecular weight is 226 g/mol. The van der Waals surface area contributed by atoms with Gasteiger partial charge in [0.05, 0.1) is 5.52 Å². The van der Waals surface area contributed by atoms with Crippen molar-refractivity contribution in [2.24, 2.45) is 5.92 Å². The molecule has 3 rings (SSSR count). The van der Waals surface area contributed by atoms with Gasteiger partial charge < -0.3 is 4.90 Å². The van der Waals surface area contributed by atoms with E-state index >= 15 is 0 Å². The Kier molecular flexibility index (Phi) is 2.81. The lowest BCUT2D eigenvalue weighted by Crippen LogP contribution is -2.14. The Balaban J connectivity index is 1.81. The molecule has 1 fully saturated rings. The zero-order chi connectivity index (χ0) is 11.7. The van der Waals surface area contributed by atoms with Crippen molar-refractivity contribution < 1.29 is 0 Å². The molecule has 2 heterocycles. The Morgan fingerprint density at radius 1 is 1.35 bits per heavy atom. The second kappa shape index (κ2) is 4.46. The van der Waals surface area contributed by atoms with Crippen molar-refractivity contribution in [3.63, 3.8) is 0 Å². The molecule has 1 saturated heterocycles. The molecule has 2 aromatic rings. The summed E-state index contributed by atoms with van der Waals surface area (Å²) in [6.07, 6.45) is 4.39. The molecule has 0 spiro atoms. The van der Waals surface area contributed by atoms with Gasteiger partial charge in [-0.15, -0.1) is 0 Å². The SMILES string of the molecule is CN1CCC(Cc2ccc3ncccc3c2)C1. The summed E-state index contributed by atoms with van der Waals surface area (Å²) in [5, 5.41) is 1.26. The van der Waals surface area contributed by atoms with Crippen molar-refractivity contribution >= 4 is 10.9 Å². The summed E-state index contributed by atoms with van der Waals surface area (Å²) in [7, 11) is 2.21. The van der Waals surface area contributed by atoms with E-state index in [1.165, 1.54) is 36.9 Å². The van der Waals surface area contributed by atoms with E-state index in [-0.39, 0.29) is 0 Å². The summed E-state index contributed by atoms with van der Waals surface area (Å²) in [5.74, 6) is 0.828. The molecule has 0 saturated carbocycles. The van der Waals surface area contributed by atoms with Gasteiger partial charge in [0.1, 0.15) is 0 Å². The van der Waals surface area contributed by atoms with Crippen molar-refractivity contribution in [3.05, 3.63) is 42.1 Å². The molecule has 1 aliphatic rings. The number of aromatic nitrogens is 1. The Bertz CT molecular complexity index is 521. The molecule has 0 radical (unpaired) electrons. The van der Waals surface area contributed by atoms with Crippen LogP contribution in [0.25, 0.3) is 10.9 Å². The minimum absolute atomic E-state index is 0.828. The van der Waals surface area contributed by atoms with Crippen LogP contribution < -0.4 is 0 Å². The number of rotatable bonds is 2. The van der Waals surface area contributed by atoms with E-state index in [4.69, 9.17) is 0 Å². The van der Waals surface area contributed by atoms with E-state index in [0.29, 0.717) is 0 Å². The van der Waals surface area contributed by atoms with Crippen molar-refractivity contribution in [1.29, 1.82) is 0 Å². The fraction of sp³-hybridized carbons (Fsp3) is 0.400. The third-order valence-corrected chi connectivity index (χ3v) is 3.68. The third-order valence-electron chi connectivity index (χ3n) is 3.68. The number of pyridine rings is 1. The molecule has 17 heavy (non-hydrogen) atoms. The fourth-order valence-corrected chi connectivity index (χ4v) is 2.78. The first kappa shape index (κ1) is 10.7. The van der Waals surface area contributed by atoms with Crippen LogP contribution in [-0.4, -0.2) is 30.0 Å². The maximum atomic E-state index is 4.36. The number of nitrogens with zero attached hydrogens (tertiary/aromatic N) is 2. The van der Waals surface area contributed by atoms with Crippen LogP contribution in [0.3, 0.4) is 0 Å². The molecule has 0 aliphatic carbocycles. The van der Waals surface area contributed by atoms with E-state index < -0.39 is 0 Å². The zero-order valence-corrected chi connectivity index (χ0v) is 10.3. The van der Waals surface area contributed by atoms with Gasteiger partial charge in [0.15, 0.2) is 0 Å². The predicted molar refractivity (Wildman–Crippen MR) is 71.1 cm³/mol. The second-order valence-electron chi connectivity index (χ2n) is 5.15. The summed E-state index contributed by atoms with van der Waals surface area (Å²) >= 11 is 0. The highest BCUT2D eigenvalue weighted by molar-refractivity contribution is 5.78. The van der Waals surface area contributed by atoms with Gasteiger partial charge in [-0.1, -0.05) is 12.1 Å². The molecule has 0 amide bonds. The quantitative estimate of drug-likeness (QED) is 0.782. The number of hydrogen-bond donors (Lipinski definition) is 0. The molecule has 0 N–H and O–H groups in total. The molecule has 1 aromatic heterocycles. The van der Waals surface area contributed by atoms with E-state index in [1.807, 2.05) is 12.3 Å². The normalized spacial score (nSPS) is 21.1. The van der Waals surface area contributed by atoms with Crippen LogP contribution in [-0.2, 0) is 6.42 Å². The van der Waals surface area contributed by atoms with Crippen molar-refractivity contribution in [3.8, 4) is 0 Å². The summed E-state index contributed by atoms with van der Waals surface area (Å²) in [6, 6.07) is 10.8. The standard InChI is InChI=1S/C15H18N2/c1-17-8-6-13(11-17)9-12-4-5-15-14(10-12)3-2-7-16-15/h2-5,7,10,13H,6,8-9,11H2,1H3. The molecular weight excluding hydrogens is 208 g/mol. The van der Waals surface area contributed by atoms with E-state index in [9.17, 15) is 0 Å². The Morgan fingerprint density at radius 3 is 3.12 bits per heavy atom. The van der Waals surface area contributed by atoms with Crippen LogP contribution in [0.4, 0.5) is 0 Å². The van der Waals surface area contributed by atoms with Crippen LogP contribution >= 0.6 is 0 Å².